The molecule has 1 saturated heterocycles. The fourth-order valence-corrected chi connectivity index (χ4v) is 2.54. The Morgan fingerprint density at radius 3 is 2.55 bits per heavy atom. The smallest absolute Gasteiger partial charge is 0.341 e. The lowest BCUT2D eigenvalue weighted by Gasteiger charge is -2.16. The summed E-state index contributed by atoms with van der Waals surface area (Å²) in [6.45, 7) is 3.39. The van der Waals surface area contributed by atoms with Gasteiger partial charge in [-0.3, -0.25) is 4.90 Å². The summed E-state index contributed by atoms with van der Waals surface area (Å²) in [5.74, 6) is -0.871. The van der Waals surface area contributed by atoms with Gasteiger partial charge in [-0.25, -0.2) is 4.79 Å². The molecule has 1 aromatic rings. The van der Waals surface area contributed by atoms with Crippen molar-refractivity contribution in [1.82, 2.24) is 4.90 Å². The van der Waals surface area contributed by atoms with Crippen LogP contribution in [0.2, 0.25) is 10.0 Å². The number of hydrogen-bond donors (Lipinski definition) is 1. The second kappa shape index (κ2) is 7.93. The van der Waals surface area contributed by atoms with E-state index >= 15 is 0 Å². The number of carboxylic acids is 1. The van der Waals surface area contributed by atoms with Crippen LogP contribution < -0.4 is 4.74 Å². The minimum Gasteiger partial charge on any atom is -0.491 e. The van der Waals surface area contributed by atoms with E-state index in [4.69, 9.17) is 33.0 Å². The number of hydrogen-bond acceptors (Lipinski definition) is 3. The average Bonchev–Trinajstić information content (AvgIpc) is 2.86. The maximum absolute atomic E-state index is 11.2. The molecule has 1 aliphatic heterocycles. The van der Waals surface area contributed by atoms with Gasteiger partial charge in [-0.05, 0) is 38.1 Å². The van der Waals surface area contributed by atoms with Gasteiger partial charge in [0.25, 0.3) is 0 Å². The molecule has 1 heterocycles. The largest absolute Gasteiger partial charge is 0.491 e. The number of aromatic carboxylic acids is 1. The van der Waals surface area contributed by atoms with Crippen LogP contribution in [0.1, 0.15) is 23.2 Å². The maximum Gasteiger partial charge on any atom is 0.341 e. The molecule has 0 bridgehead atoms. The van der Waals surface area contributed by atoms with Crippen molar-refractivity contribution in [2.75, 3.05) is 26.2 Å². The fraction of sp³-hybridized carbons (Fsp3) is 0.462. The zero-order valence-electron chi connectivity index (χ0n) is 10.8. The van der Waals surface area contributed by atoms with E-state index in [0.29, 0.717) is 6.61 Å². The molecule has 0 spiro atoms. The van der Waals surface area contributed by atoms with Gasteiger partial charge in [-0.15, -0.1) is 12.4 Å². The Kier molecular flexibility index (Phi) is 6.89. The Balaban J connectivity index is 0.00000200. The van der Waals surface area contributed by atoms with Gasteiger partial charge in [-0.1, -0.05) is 23.2 Å². The number of halogens is 3. The minimum atomic E-state index is -1.14. The summed E-state index contributed by atoms with van der Waals surface area (Å²) in [7, 11) is 0. The van der Waals surface area contributed by atoms with Crippen molar-refractivity contribution in [3.8, 4) is 5.75 Å². The van der Waals surface area contributed by atoms with Gasteiger partial charge in [0, 0.05) is 6.54 Å². The molecule has 0 unspecified atom stereocenters. The van der Waals surface area contributed by atoms with Gasteiger partial charge in [0.15, 0.2) is 0 Å². The van der Waals surface area contributed by atoms with Crippen molar-refractivity contribution < 1.29 is 14.6 Å². The maximum atomic E-state index is 11.2. The molecule has 112 valence electrons. The third-order valence-electron chi connectivity index (χ3n) is 3.13. The Labute approximate surface area is 134 Å². The van der Waals surface area contributed by atoms with Crippen molar-refractivity contribution in [1.29, 1.82) is 0 Å². The first kappa shape index (κ1) is 17.4. The van der Waals surface area contributed by atoms with Crippen LogP contribution >= 0.6 is 35.6 Å². The third kappa shape index (κ3) is 4.16. The summed E-state index contributed by atoms with van der Waals surface area (Å²) in [4.78, 5) is 13.5. The zero-order chi connectivity index (χ0) is 13.8. The van der Waals surface area contributed by atoms with E-state index in [1.54, 1.807) is 12.1 Å². The van der Waals surface area contributed by atoms with Crippen LogP contribution in [0.5, 0.6) is 5.75 Å². The standard InChI is InChI=1S/C13H15Cl2NO3.ClH/c14-9-3-4-10(11(12(9)15)13(17)18)19-8-7-16-5-1-2-6-16;/h3-4H,1-2,5-8H2,(H,17,18);1H. The second-order valence-electron chi connectivity index (χ2n) is 4.44. The molecule has 1 N–H and O–H groups in total. The van der Waals surface area contributed by atoms with Gasteiger partial charge in [-0.2, -0.15) is 0 Å². The Morgan fingerprint density at radius 1 is 1.30 bits per heavy atom. The molecule has 0 amide bonds. The second-order valence-corrected chi connectivity index (χ2v) is 5.22. The van der Waals surface area contributed by atoms with Gasteiger partial charge in [0.2, 0.25) is 0 Å². The van der Waals surface area contributed by atoms with Crippen LogP contribution in [0.3, 0.4) is 0 Å². The SMILES string of the molecule is Cl.O=C(O)c1c(OCCN2CCCC2)ccc(Cl)c1Cl. The molecule has 0 atom stereocenters. The number of nitrogens with zero attached hydrogens (tertiary/aromatic N) is 1. The van der Waals surface area contributed by atoms with Crippen molar-refractivity contribution in [2.45, 2.75) is 12.8 Å². The van der Waals surface area contributed by atoms with Gasteiger partial charge in [0.05, 0.1) is 10.0 Å². The van der Waals surface area contributed by atoms with Crippen molar-refractivity contribution >= 4 is 41.6 Å². The summed E-state index contributed by atoms with van der Waals surface area (Å²) in [6.07, 6.45) is 2.43. The van der Waals surface area contributed by atoms with Crippen molar-refractivity contribution in [3.63, 3.8) is 0 Å². The van der Waals surface area contributed by atoms with E-state index in [9.17, 15) is 4.79 Å². The summed E-state index contributed by atoms with van der Waals surface area (Å²) in [6, 6.07) is 3.09. The van der Waals surface area contributed by atoms with E-state index in [1.165, 1.54) is 12.8 Å². The molecule has 1 aromatic carbocycles. The molecule has 0 aromatic heterocycles. The van der Waals surface area contributed by atoms with Gasteiger partial charge < -0.3 is 9.84 Å². The van der Waals surface area contributed by atoms with Crippen LogP contribution in [0.25, 0.3) is 0 Å². The first-order valence-corrected chi connectivity index (χ1v) is 6.91. The predicted molar refractivity (Wildman–Crippen MR) is 81.8 cm³/mol. The van der Waals surface area contributed by atoms with Crippen LogP contribution in [-0.2, 0) is 0 Å². The Hall–Kier alpha value is -0.680. The molecule has 0 aliphatic carbocycles. The van der Waals surface area contributed by atoms with E-state index in [0.717, 1.165) is 19.6 Å². The summed E-state index contributed by atoms with van der Waals surface area (Å²) in [5.41, 5.74) is -0.0735. The summed E-state index contributed by atoms with van der Waals surface area (Å²) < 4.78 is 5.53. The van der Waals surface area contributed by atoms with E-state index in [1.807, 2.05) is 0 Å². The highest BCUT2D eigenvalue weighted by atomic mass is 35.5. The number of benzene rings is 1. The fourth-order valence-electron chi connectivity index (χ4n) is 2.14. The number of carbonyl (C=O) groups is 1. The van der Waals surface area contributed by atoms with E-state index in [2.05, 4.69) is 4.90 Å². The quantitative estimate of drug-likeness (QED) is 0.890. The first-order valence-electron chi connectivity index (χ1n) is 6.16. The van der Waals surface area contributed by atoms with Gasteiger partial charge in [0.1, 0.15) is 17.9 Å². The number of likely N-dealkylation sites (tertiary alicyclic amines) is 1. The predicted octanol–water partition coefficient (Wildman–Crippen LogP) is 3.59. The Morgan fingerprint density at radius 2 is 1.95 bits per heavy atom. The molecule has 7 heteroatoms. The monoisotopic (exact) mass is 339 g/mol. The van der Waals surface area contributed by atoms with Gasteiger partial charge >= 0.3 is 5.97 Å². The molecular formula is C13H16Cl3NO3. The minimum absolute atomic E-state index is 0. The van der Waals surface area contributed by atoms with Crippen LogP contribution in [-0.4, -0.2) is 42.2 Å². The van der Waals surface area contributed by atoms with Crippen molar-refractivity contribution in [3.05, 3.63) is 27.7 Å². The van der Waals surface area contributed by atoms with Crippen LogP contribution in [0.15, 0.2) is 12.1 Å². The highest BCUT2D eigenvalue weighted by molar-refractivity contribution is 6.44. The summed E-state index contributed by atoms with van der Waals surface area (Å²) >= 11 is 11.7. The first-order chi connectivity index (χ1) is 9.09. The molecule has 0 radical (unpaired) electrons. The van der Waals surface area contributed by atoms with Crippen molar-refractivity contribution in [2.24, 2.45) is 0 Å². The lowest BCUT2D eigenvalue weighted by Crippen LogP contribution is -2.25. The van der Waals surface area contributed by atoms with Crippen LogP contribution in [0, 0.1) is 0 Å². The molecule has 2 rings (SSSR count). The lowest BCUT2D eigenvalue weighted by atomic mass is 10.2. The number of carboxylic acid groups (broad SMARTS) is 1. The zero-order valence-corrected chi connectivity index (χ0v) is 13.1. The number of ether oxygens (including phenoxy) is 1. The molecule has 1 aliphatic rings. The van der Waals surface area contributed by atoms with E-state index < -0.39 is 5.97 Å². The highest BCUT2D eigenvalue weighted by Gasteiger charge is 2.19. The number of rotatable bonds is 5. The highest BCUT2D eigenvalue weighted by Crippen LogP contribution is 2.33. The summed E-state index contributed by atoms with van der Waals surface area (Å²) in [5, 5.41) is 9.38. The average molecular weight is 341 g/mol. The molecular weight excluding hydrogens is 325 g/mol. The lowest BCUT2D eigenvalue weighted by molar-refractivity contribution is 0.0692. The van der Waals surface area contributed by atoms with Crippen LogP contribution in [0.4, 0.5) is 0 Å². The van der Waals surface area contributed by atoms with E-state index in [-0.39, 0.29) is 33.8 Å². The molecule has 4 nitrogen and oxygen atoms in total. The normalized spacial score (nSPS) is 14.9. The Bertz CT molecular complexity index is 476. The molecule has 0 saturated carbocycles. The third-order valence-corrected chi connectivity index (χ3v) is 3.94. The molecule has 1 fully saturated rings. The topological polar surface area (TPSA) is 49.8 Å². The molecule has 20 heavy (non-hydrogen) atoms.